The number of likely N-dealkylation sites (N-methyl/N-ethyl adjacent to an activating group) is 1. The second-order valence-electron chi connectivity index (χ2n) is 10.2. The first kappa shape index (κ1) is 24.1. The highest BCUT2D eigenvalue weighted by Crippen LogP contribution is 2.34. The summed E-state index contributed by atoms with van der Waals surface area (Å²) in [6.45, 7) is 4.13. The fraction of sp³-hybridized carbons (Fsp3) is 0.161. The van der Waals surface area contributed by atoms with E-state index in [0.29, 0.717) is 11.3 Å². The third kappa shape index (κ3) is 4.46. The summed E-state index contributed by atoms with van der Waals surface area (Å²) in [5.74, 6) is -0.185. The summed E-state index contributed by atoms with van der Waals surface area (Å²) < 4.78 is 0. The molecule has 3 N–H and O–H groups in total. The van der Waals surface area contributed by atoms with E-state index >= 15 is 0 Å². The number of carbonyl (C=O) groups is 1. The molecular weight excluding hydrogens is 500 g/mol. The highest BCUT2D eigenvalue weighted by molar-refractivity contribution is 6.04. The molecule has 4 aromatic heterocycles. The lowest BCUT2D eigenvalue weighted by molar-refractivity contribution is 0.102. The topological polar surface area (TPSA) is 106 Å². The summed E-state index contributed by atoms with van der Waals surface area (Å²) >= 11 is 0. The van der Waals surface area contributed by atoms with Crippen LogP contribution in [0.5, 0.6) is 0 Å². The Kier molecular flexibility index (Phi) is 5.98. The highest BCUT2D eigenvalue weighted by atomic mass is 16.1. The maximum atomic E-state index is 12.6. The van der Waals surface area contributed by atoms with Crippen LogP contribution < -0.4 is 10.2 Å². The summed E-state index contributed by atoms with van der Waals surface area (Å²) in [6.07, 6.45) is 5.17. The summed E-state index contributed by atoms with van der Waals surface area (Å²) in [4.78, 5) is 30.0. The van der Waals surface area contributed by atoms with E-state index in [2.05, 4.69) is 71.6 Å². The van der Waals surface area contributed by atoms with Crippen molar-refractivity contribution in [1.82, 2.24) is 30.0 Å². The van der Waals surface area contributed by atoms with E-state index in [-0.39, 0.29) is 5.91 Å². The normalized spacial score (nSPS) is 14.2. The molecule has 1 fully saturated rings. The van der Waals surface area contributed by atoms with Crippen molar-refractivity contribution >= 4 is 39.1 Å². The van der Waals surface area contributed by atoms with Crippen molar-refractivity contribution in [2.75, 3.05) is 43.4 Å². The van der Waals surface area contributed by atoms with Crippen LogP contribution in [0.15, 0.2) is 85.3 Å². The van der Waals surface area contributed by atoms with Crippen molar-refractivity contribution in [3.8, 4) is 22.6 Å². The van der Waals surface area contributed by atoms with E-state index in [1.165, 1.54) is 11.1 Å². The summed E-state index contributed by atoms with van der Waals surface area (Å²) in [5.41, 5.74) is 7.69. The zero-order valence-corrected chi connectivity index (χ0v) is 22.1. The molecule has 5 heterocycles. The van der Waals surface area contributed by atoms with Crippen molar-refractivity contribution in [1.29, 1.82) is 0 Å². The van der Waals surface area contributed by atoms with Crippen LogP contribution >= 0.6 is 0 Å². The van der Waals surface area contributed by atoms with Crippen molar-refractivity contribution < 1.29 is 4.79 Å². The molecule has 1 aliphatic heterocycles. The first-order valence-electron chi connectivity index (χ1n) is 13.3. The quantitative estimate of drug-likeness (QED) is 0.285. The Bertz CT molecular complexity index is 1830. The predicted molar refractivity (Wildman–Crippen MR) is 159 cm³/mol. The second-order valence-corrected chi connectivity index (χ2v) is 10.2. The molecule has 40 heavy (non-hydrogen) atoms. The Balaban J connectivity index is 1.21. The number of amides is 1. The molecule has 2 aromatic carbocycles. The minimum atomic E-state index is -0.185. The van der Waals surface area contributed by atoms with Crippen LogP contribution in [0.3, 0.4) is 0 Å². The van der Waals surface area contributed by atoms with Gasteiger partial charge in [0.15, 0.2) is 0 Å². The zero-order chi connectivity index (χ0) is 27.1. The molecular formula is C31H28N8O. The average Bonchev–Trinajstić information content (AvgIpc) is 3.62. The third-order valence-electron chi connectivity index (χ3n) is 7.52. The van der Waals surface area contributed by atoms with Gasteiger partial charge in [-0.2, -0.15) is 5.10 Å². The number of hydrogen-bond donors (Lipinski definition) is 3. The lowest BCUT2D eigenvalue weighted by Crippen LogP contribution is -2.44. The van der Waals surface area contributed by atoms with Gasteiger partial charge in [0.1, 0.15) is 5.69 Å². The number of benzene rings is 2. The van der Waals surface area contributed by atoms with Gasteiger partial charge in [0.25, 0.3) is 5.91 Å². The molecule has 198 valence electrons. The minimum absolute atomic E-state index is 0.185. The van der Waals surface area contributed by atoms with Gasteiger partial charge < -0.3 is 20.1 Å². The van der Waals surface area contributed by atoms with Crippen LogP contribution in [0, 0.1) is 0 Å². The van der Waals surface area contributed by atoms with Crippen LogP contribution in [0.2, 0.25) is 0 Å². The van der Waals surface area contributed by atoms with E-state index < -0.39 is 0 Å². The Labute approximate surface area is 230 Å². The van der Waals surface area contributed by atoms with Gasteiger partial charge in [0, 0.05) is 65.5 Å². The lowest BCUT2D eigenvalue weighted by atomic mass is 10.1. The van der Waals surface area contributed by atoms with Crippen molar-refractivity contribution in [3.63, 3.8) is 0 Å². The number of piperazine rings is 1. The van der Waals surface area contributed by atoms with Gasteiger partial charge in [0.2, 0.25) is 0 Å². The third-order valence-corrected chi connectivity index (χ3v) is 7.52. The summed E-state index contributed by atoms with van der Waals surface area (Å²) in [5, 5.41) is 12.9. The van der Waals surface area contributed by atoms with E-state index in [0.717, 1.165) is 65.2 Å². The molecule has 0 atom stereocenters. The molecule has 1 amide bonds. The summed E-state index contributed by atoms with van der Waals surface area (Å²) in [6, 6.07) is 21.6. The number of fused-ring (bicyclic) bond motifs is 2. The number of aromatic amines is 2. The van der Waals surface area contributed by atoms with Gasteiger partial charge in [-0.3, -0.25) is 19.9 Å². The monoisotopic (exact) mass is 528 g/mol. The maximum absolute atomic E-state index is 12.6. The summed E-state index contributed by atoms with van der Waals surface area (Å²) in [7, 11) is 2.17. The van der Waals surface area contributed by atoms with Crippen molar-refractivity contribution in [2.24, 2.45) is 0 Å². The molecule has 6 aromatic rings. The number of nitrogens with one attached hydrogen (secondary N) is 3. The van der Waals surface area contributed by atoms with Crippen LogP contribution in [0.1, 0.15) is 10.4 Å². The SMILES string of the molecule is CN1CCN(c2cccc3[nH]c(-c4n[nH]c5cnc(-c6cncc(NC(=O)c7ccccc7)c6)cc45)cc23)CC1. The van der Waals surface area contributed by atoms with E-state index in [4.69, 9.17) is 0 Å². The number of anilines is 2. The van der Waals surface area contributed by atoms with Crippen molar-refractivity contribution in [2.45, 2.75) is 0 Å². The smallest absolute Gasteiger partial charge is 0.255 e. The molecule has 0 spiro atoms. The standard InChI is InChI=1S/C31H28N8O/c1-38-10-12-39(13-11-38)29-9-5-8-25-23(29)15-27(35-25)30-24-16-26(33-19-28(24)36-37-30)21-14-22(18-32-17-21)34-31(40)20-6-3-2-4-7-20/h2-9,14-19,35H,10-13H2,1H3,(H,34,40)(H,36,37). The number of H-pyrrole nitrogens is 2. The van der Waals surface area contributed by atoms with Gasteiger partial charge in [-0.25, -0.2) is 0 Å². The number of aromatic nitrogens is 5. The van der Waals surface area contributed by atoms with E-state index in [9.17, 15) is 4.79 Å². The molecule has 0 bridgehead atoms. The molecule has 7 rings (SSSR count). The van der Waals surface area contributed by atoms with Gasteiger partial charge in [0.05, 0.1) is 35.0 Å². The molecule has 9 nitrogen and oxygen atoms in total. The Morgan fingerprint density at radius 2 is 1.73 bits per heavy atom. The lowest BCUT2D eigenvalue weighted by Gasteiger charge is -2.34. The second kappa shape index (κ2) is 9.94. The largest absolute Gasteiger partial charge is 0.368 e. The molecule has 0 saturated carbocycles. The number of nitrogens with zero attached hydrogens (tertiary/aromatic N) is 5. The Hall–Kier alpha value is -5.02. The molecule has 9 heteroatoms. The fourth-order valence-corrected chi connectivity index (χ4v) is 5.31. The molecule has 0 aliphatic carbocycles. The molecule has 1 saturated heterocycles. The average molecular weight is 529 g/mol. The molecule has 1 aliphatic rings. The molecule has 0 radical (unpaired) electrons. The van der Waals surface area contributed by atoms with Gasteiger partial charge in [-0.1, -0.05) is 24.3 Å². The van der Waals surface area contributed by atoms with Gasteiger partial charge >= 0.3 is 0 Å². The van der Waals surface area contributed by atoms with E-state index in [1.807, 2.05) is 30.3 Å². The first-order valence-corrected chi connectivity index (χ1v) is 13.3. The predicted octanol–water partition coefficient (Wildman–Crippen LogP) is 5.17. The van der Waals surface area contributed by atoms with Crippen molar-refractivity contribution in [3.05, 3.63) is 90.9 Å². The van der Waals surface area contributed by atoms with E-state index in [1.54, 1.807) is 30.7 Å². The van der Waals surface area contributed by atoms with Gasteiger partial charge in [-0.15, -0.1) is 0 Å². The number of carbonyl (C=O) groups excluding carboxylic acids is 1. The van der Waals surface area contributed by atoms with Crippen LogP contribution in [-0.2, 0) is 0 Å². The number of rotatable bonds is 5. The Morgan fingerprint density at radius 3 is 2.58 bits per heavy atom. The first-order chi connectivity index (χ1) is 19.6. The number of hydrogen-bond acceptors (Lipinski definition) is 6. The van der Waals surface area contributed by atoms with Crippen LogP contribution in [0.4, 0.5) is 11.4 Å². The fourth-order valence-electron chi connectivity index (χ4n) is 5.31. The molecule has 0 unspecified atom stereocenters. The van der Waals surface area contributed by atoms with Crippen LogP contribution in [-0.4, -0.2) is 69.2 Å². The number of pyridine rings is 2. The van der Waals surface area contributed by atoms with Crippen LogP contribution in [0.25, 0.3) is 44.5 Å². The minimum Gasteiger partial charge on any atom is -0.368 e. The zero-order valence-electron chi connectivity index (χ0n) is 22.1. The highest BCUT2D eigenvalue weighted by Gasteiger charge is 2.19. The maximum Gasteiger partial charge on any atom is 0.255 e. The van der Waals surface area contributed by atoms with Gasteiger partial charge in [-0.05, 0) is 49.5 Å². The Morgan fingerprint density at radius 1 is 0.875 bits per heavy atom.